The molecule has 1 fully saturated rings. The highest BCUT2D eigenvalue weighted by Crippen LogP contribution is 2.27. The number of carbonyl (C=O) groups excluding carboxylic acids is 1. The van der Waals surface area contributed by atoms with E-state index >= 15 is 0 Å². The van der Waals surface area contributed by atoms with Gasteiger partial charge in [-0.15, -0.1) is 0 Å². The number of halogens is 1. The first kappa shape index (κ1) is 14.4. The summed E-state index contributed by atoms with van der Waals surface area (Å²) in [5.41, 5.74) is 6.96. The van der Waals surface area contributed by atoms with Crippen LogP contribution in [-0.4, -0.2) is 11.9 Å². The molecule has 3 N–H and O–H groups in total. The van der Waals surface area contributed by atoms with Gasteiger partial charge in [0.1, 0.15) is 0 Å². The normalized spacial score (nSPS) is 18.0. The van der Waals surface area contributed by atoms with Crippen LogP contribution < -0.4 is 11.1 Å². The van der Waals surface area contributed by atoms with Crippen LogP contribution in [0.3, 0.4) is 0 Å². The van der Waals surface area contributed by atoms with Crippen LogP contribution in [0.5, 0.6) is 0 Å². The van der Waals surface area contributed by atoms with Gasteiger partial charge >= 0.3 is 0 Å². The molecule has 0 spiro atoms. The third-order valence-electron chi connectivity index (χ3n) is 3.95. The summed E-state index contributed by atoms with van der Waals surface area (Å²) < 4.78 is 0.787. The zero-order valence-corrected chi connectivity index (χ0v) is 12.9. The Kier molecular flexibility index (Phi) is 4.86. The second-order valence-electron chi connectivity index (χ2n) is 5.40. The third kappa shape index (κ3) is 3.72. The fourth-order valence-corrected chi connectivity index (χ4v) is 3.18. The van der Waals surface area contributed by atoms with E-state index in [-0.39, 0.29) is 11.9 Å². The van der Waals surface area contributed by atoms with Crippen molar-refractivity contribution in [1.82, 2.24) is 5.32 Å². The molecule has 3 nitrogen and oxygen atoms in total. The molecule has 0 aliphatic heterocycles. The Hall–Kier alpha value is -1.03. The minimum Gasteiger partial charge on any atom is -0.399 e. The minimum absolute atomic E-state index is 0.0442. The van der Waals surface area contributed by atoms with Crippen molar-refractivity contribution in [2.75, 3.05) is 5.73 Å². The molecule has 0 heterocycles. The number of nitrogen functional groups attached to an aromatic ring is 1. The first-order chi connectivity index (χ1) is 9.08. The van der Waals surface area contributed by atoms with E-state index in [0.29, 0.717) is 17.2 Å². The molecule has 1 aliphatic rings. The molecule has 1 atom stereocenters. The quantitative estimate of drug-likeness (QED) is 0.832. The molecule has 1 aromatic carbocycles. The topological polar surface area (TPSA) is 55.1 Å². The lowest BCUT2D eigenvalue weighted by Crippen LogP contribution is -2.39. The molecule has 0 saturated heterocycles. The van der Waals surface area contributed by atoms with Crippen LogP contribution in [-0.2, 0) is 0 Å². The third-order valence-corrected chi connectivity index (χ3v) is 4.64. The zero-order chi connectivity index (χ0) is 13.8. The maximum absolute atomic E-state index is 12.3. The number of nitrogens with two attached hydrogens (primary N) is 1. The summed E-state index contributed by atoms with van der Waals surface area (Å²) in [5, 5.41) is 3.11. The summed E-state index contributed by atoms with van der Waals surface area (Å²) >= 11 is 3.40. The summed E-state index contributed by atoms with van der Waals surface area (Å²) in [4.78, 5) is 12.3. The van der Waals surface area contributed by atoms with Gasteiger partial charge in [-0.1, -0.05) is 19.3 Å². The number of amides is 1. The minimum atomic E-state index is -0.0442. The molecule has 1 saturated carbocycles. The Balaban J connectivity index is 2.01. The Morgan fingerprint density at radius 2 is 2.05 bits per heavy atom. The fourth-order valence-electron chi connectivity index (χ4n) is 2.75. The molecular formula is C15H21BrN2O. The van der Waals surface area contributed by atoms with Gasteiger partial charge in [0.05, 0.1) is 5.56 Å². The molecule has 19 heavy (non-hydrogen) atoms. The largest absolute Gasteiger partial charge is 0.399 e. The Morgan fingerprint density at radius 3 is 2.74 bits per heavy atom. The maximum atomic E-state index is 12.3. The van der Waals surface area contributed by atoms with Gasteiger partial charge in [0, 0.05) is 16.2 Å². The molecule has 0 radical (unpaired) electrons. The second-order valence-corrected chi connectivity index (χ2v) is 6.25. The molecule has 1 aliphatic carbocycles. The van der Waals surface area contributed by atoms with Crippen molar-refractivity contribution in [2.45, 2.75) is 45.1 Å². The van der Waals surface area contributed by atoms with Crippen LogP contribution in [0.1, 0.15) is 49.4 Å². The summed E-state index contributed by atoms with van der Waals surface area (Å²) in [6.07, 6.45) is 6.34. The summed E-state index contributed by atoms with van der Waals surface area (Å²) in [6.45, 7) is 2.11. The van der Waals surface area contributed by atoms with E-state index in [1.54, 1.807) is 12.1 Å². The van der Waals surface area contributed by atoms with Gasteiger partial charge in [0.25, 0.3) is 5.91 Å². The highest BCUT2D eigenvalue weighted by Gasteiger charge is 2.22. The number of hydrogen-bond acceptors (Lipinski definition) is 2. The van der Waals surface area contributed by atoms with Crippen molar-refractivity contribution in [1.29, 1.82) is 0 Å². The standard InChI is InChI=1S/C15H21BrN2O/c1-10(11-5-3-2-4-6-11)18-15(19)13-9-12(17)7-8-14(13)16/h7-11H,2-6,17H2,1H3,(H,18,19)/t10-/m1/s1. The summed E-state index contributed by atoms with van der Waals surface area (Å²) in [7, 11) is 0. The Morgan fingerprint density at radius 1 is 1.37 bits per heavy atom. The van der Waals surface area contributed by atoms with Gasteiger partial charge in [-0.05, 0) is 59.8 Å². The van der Waals surface area contributed by atoms with E-state index < -0.39 is 0 Å². The number of carbonyl (C=O) groups is 1. The van der Waals surface area contributed by atoms with Crippen LogP contribution in [0.2, 0.25) is 0 Å². The SMILES string of the molecule is C[C@@H](NC(=O)c1cc(N)ccc1Br)C1CCCCC1. The second kappa shape index (κ2) is 6.42. The molecular weight excluding hydrogens is 304 g/mol. The molecule has 0 aromatic heterocycles. The lowest BCUT2D eigenvalue weighted by atomic mass is 9.84. The van der Waals surface area contributed by atoms with E-state index in [9.17, 15) is 4.79 Å². The number of nitrogens with one attached hydrogen (secondary N) is 1. The molecule has 1 amide bonds. The summed E-state index contributed by atoms with van der Waals surface area (Å²) in [5.74, 6) is 0.565. The average molecular weight is 325 g/mol. The van der Waals surface area contributed by atoms with E-state index in [0.717, 1.165) is 4.47 Å². The van der Waals surface area contributed by atoms with Gasteiger partial charge in [-0.2, -0.15) is 0 Å². The number of hydrogen-bond donors (Lipinski definition) is 2. The predicted molar refractivity (Wildman–Crippen MR) is 82.1 cm³/mol. The van der Waals surface area contributed by atoms with Crippen molar-refractivity contribution < 1.29 is 4.79 Å². The summed E-state index contributed by atoms with van der Waals surface area (Å²) in [6, 6.07) is 5.54. The van der Waals surface area contributed by atoms with E-state index in [1.165, 1.54) is 32.1 Å². The average Bonchev–Trinajstić information content (AvgIpc) is 2.42. The lowest BCUT2D eigenvalue weighted by molar-refractivity contribution is 0.0918. The van der Waals surface area contributed by atoms with Crippen LogP contribution in [0.25, 0.3) is 0 Å². The molecule has 0 bridgehead atoms. The fraction of sp³-hybridized carbons (Fsp3) is 0.533. The highest BCUT2D eigenvalue weighted by molar-refractivity contribution is 9.10. The van der Waals surface area contributed by atoms with Crippen molar-refractivity contribution in [3.63, 3.8) is 0 Å². The molecule has 4 heteroatoms. The van der Waals surface area contributed by atoms with E-state index in [1.807, 2.05) is 6.07 Å². The Labute approximate surface area is 123 Å². The van der Waals surface area contributed by atoms with Crippen molar-refractivity contribution >= 4 is 27.5 Å². The molecule has 104 valence electrons. The van der Waals surface area contributed by atoms with Crippen molar-refractivity contribution in [3.8, 4) is 0 Å². The van der Waals surface area contributed by atoms with Crippen LogP contribution >= 0.6 is 15.9 Å². The van der Waals surface area contributed by atoms with Crippen LogP contribution in [0, 0.1) is 5.92 Å². The highest BCUT2D eigenvalue weighted by atomic mass is 79.9. The predicted octanol–water partition coefficient (Wildman–Crippen LogP) is 3.73. The monoisotopic (exact) mass is 324 g/mol. The first-order valence-electron chi connectivity index (χ1n) is 6.94. The van der Waals surface area contributed by atoms with E-state index in [4.69, 9.17) is 5.73 Å². The first-order valence-corrected chi connectivity index (χ1v) is 7.73. The van der Waals surface area contributed by atoms with Gasteiger partial charge < -0.3 is 11.1 Å². The van der Waals surface area contributed by atoms with Crippen LogP contribution in [0.4, 0.5) is 5.69 Å². The Bertz CT molecular complexity index is 455. The number of anilines is 1. The van der Waals surface area contributed by atoms with Gasteiger partial charge in [-0.3, -0.25) is 4.79 Å². The lowest BCUT2D eigenvalue weighted by Gasteiger charge is -2.28. The van der Waals surface area contributed by atoms with Gasteiger partial charge in [-0.25, -0.2) is 0 Å². The van der Waals surface area contributed by atoms with Crippen LogP contribution in [0.15, 0.2) is 22.7 Å². The molecule has 2 rings (SSSR count). The van der Waals surface area contributed by atoms with Crippen molar-refractivity contribution in [3.05, 3.63) is 28.2 Å². The van der Waals surface area contributed by atoms with Gasteiger partial charge in [0.15, 0.2) is 0 Å². The van der Waals surface area contributed by atoms with Crippen molar-refractivity contribution in [2.24, 2.45) is 5.92 Å². The molecule has 1 aromatic rings. The van der Waals surface area contributed by atoms with Gasteiger partial charge in [0.2, 0.25) is 0 Å². The smallest absolute Gasteiger partial charge is 0.252 e. The van der Waals surface area contributed by atoms with E-state index in [2.05, 4.69) is 28.2 Å². The number of benzene rings is 1. The zero-order valence-electron chi connectivity index (χ0n) is 11.3. The maximum Gasteiger partial charge on any atom is 0.252 e. The molecule has 0 unspecified atom stereocenters. The number of rotatable bonds is 3.